The smallest absolute Gasteiger partial charge is 0.358 e. The number of carbonyl (C=O) groups is 1. The highest BCUT2D eigenvalue weighted by Gasteiger charge is 2.28. The Labute approximate surface area is 177 Å². The highest BCUT2D eigenvalue weighted by atomic mass is 35.5. The van der Waals surface area contributed by atoms with E-state index in [1.807, 2.05) is 69.3 Å². The molecule has 0 bridgehead atoms. The van der Waals surface area contributed by atoms with Crippen molar-refractivity contribution < 1.29 is 14.4 Å². The summed E-state index contributed by atoms with van der Waals surface area (Å²) in [5.41, 5.74) is 3.49. The van der Waals surface area contributed by atoms with Gasteiger partial charge in [0.25, 0.3) is 5.89 Å². The first kappa shape index (κ1) is 19.8. The molecule has 4 rings (SSSR count). The van der Waals surface area contributed by atoms with Crippen molar-refractivity contribution in [2.45, 2.75) is 26.7 Å². The largest absolute Gasteiger partial charge is 0.476 e. The van der Waals surface area contributed by atoms with Gasteiger partial charge in [-0.3, -0.25) is 0 Å². The van der Waals surface area contributed by atoms with E-state index in [9.17, 15) is 9.90 Å². The summed E-state index contributed by atoms with van der Waals surface area (Å²) in [6.07, 6.45) is 0. The fourth-order valence-corrected chi connectivity index (χ4v) is 3.56. The number of nitrogens with zero attached hydrogens (tertiary/aromatic N) is 4. The molecule has 0 aliphatic carbocycles. The van der Waals surface area contributed by atoms with Crippen LogP contribution in [0.2, 0.25) is 5.02 Å². The predicted molar refractivity (Wildman–Crippen MR) is 113 cm³/mol. The summed E-state index contributed by atoms with van der Waals surface area (Å²) < 4.78 is 6.95. The number of carboxylic acids is 1. The lowest BCUT2D eigenvalue weighted by atomic mass is 10.0. The zero-order valence-electron chi connectivity index (χ0n) is 16.6. The van der Waals surface area contributed by atoms with Gasteiger partial charge in [0.1, 0.15) is 5.02 Å². The van der Waals surface area contributed by atoms with Gasteiger partial charge in [-0.05, 0) is 30.5 Å². The maximum atomic E-state index is 11.7. The number of carboxylic acid groups (broad SMARTS) is 1. The molecule has 0 unspecified atom stereocenters. The minimum Gasteiger partial charge on any atom is -0.476 e. The summed E-state index contributed by atoms with van der Waals surface area (Å²) >= 11 is 6.43. The van der Waals surface area contributed by atoms with Crippen LogP contribution in [0.4, 0.5) is 0 Å². The van der Waals surface area contributed by atoms with Crippen molar-refractivity contribution in [1.29, 1.82) is 0 Å². The van der Waals surface area contributed by atoms with Gasteiger partial charge in [0, 0.05) is 5.56 Å². The molecule has 4 aromatic rings. The fourth-order valence-electron chi connectivity index (χ4n) is 3.28. The monoisotopic (exact) mass is 422 g/mol. The average molecular weight is 423 g/mol. The summed E-state index contributed by atoms with van der Waals surface area (Å²) in [6.45, 7) is 6.06. The molecule has 0 saturated carbocycles. The van der Waals surface area contributed by atoms with Gasteiger partial charge >= 0.3 is 5.97 Å². The molecule has 0 amide bonds. The summed E-state index contributed by atoms with van der Waals surface area (Å²) in [5.74, 6) is -0.585. The topological polar surface area (TPSA) is 94.0 Å². The summed E-state index contributed by atoms with van der Waals surface area (Å²) in [4.78, 5) is 16.2. The SMILES string of the molecule is Cc1cccc(-c2noc(-c3c(Cl)c(C(=O)O)nn3-c3ccccc3C(C)C)n2)c1. The van der Waals surface area contributed by atoms with Crippen LogP contribution in [0.25, 0.3) is 28.7 Å². The molecule has 0 aliphatic heterocycles. The Morgan fingerprint density at radius 3 is 2.63 bits per heavy atom. The lowest BCUT2D eigenvalue weighted by Crippen LogP contribution is -2.06. The molecule has 0 fully saturated rings. The van der Waals surface area contributed by atoms with Gasteiger partial charge in [-0.15, -0.1) is 0 Å². The van der Waals surface area contributed by atoms with E-state index in [4.69, 9.17) is 16.1 Å². The number of aromatic nitrogens is 4. The van der Waals surface area contributed by atoms with Crippen LogP contribution < -0.4 is 0 Å². The minimum absolute atomic E-state index is 0.0551. The van der Waals surface area contributed by atoms with Crippen LogP contribution in [0.3, 0.4) is 0 Å². The standard InChI is InChI=1S/C22H19ClN4O3/c1-12(2)15-9-4-5-10-16(15)27-19(17(23)18(25-27)22(28)29)21-24-20(26-30-21)14-8-6-7-13(3)11-14/h4-12H,1-3H3,(H,28,29). The third kappa shape index (κ3) is 3.48. The van der Waals surface area contributed by atoms with Crippen LogP contribution in [-0.2, 0) is 0 Å². The quantitative estimate of drug-likeness (QED) is 0.464. The van der Waals surface area contributed by atoms with Crippen molar-refractivity contribution in [1.82, 2.24) is 19.9 Å². The molecule has 0 spiro atoms. The maximum absolute atomic E-state index is 11.7. The molecule has 1 N–H and O–H groups in total. The van der Waals surface area contributed by atoms with Gasteiger partial charge < -0.3 is 9.63 Å². The summed E-state index contributed by atoms with van der Waals surface area (Å²) in [7, 11) is 0. The van der Waals surface area contributed by atoms with Crippen molar-refractivity contribution in [2.75, 3.05) is 0 Å². The first-order valence-electron chi connectivity index (χ1n) is 9.39. The number of halogens is 1. The first-order chi connectivity index (χ1) is 14.4. The average Bonchev–Trinajstić information content (AvgIpc) is 3.32. The second-order valence-electron chi connectivity index (χ2n) is 7.23. The summed E-state index contributed by atoms with van der Waals surface area (Å²) in [5, 5.41) is 17.8. The first-order valence-corrected chi connectivity index (χ1v) is 9.77. The molecular formula is C22H19ClN4O3. The molecule has 7 nitrogen and oxygen atoms in total. The summed E-state index contributed by atoms with van der Waals surface area (Å²) in [6, 6.07) is 15.3. The van der Waals surface area contributed by atoms with E-state index in [0.29, 0.717) is 11.5 Å². The molecule has 8 heteroatoms. The van der Waals surface area contributed by atoms with Gasteiger partial charge in [0.05, 0.1) is 5.69 Å². The number of rotatable bonds is 5. The van der Waals surface area contributed by atoms with Crippen LogP contribution in [-0.4, -0.2) is 31.0 Å². The maximum Gasteiger partial charge on any atom is 0.358 e. The highest BCUT2D eigenvalue weighted by molar-refractivity contribution is 6.35. The molecule has 2 aromatic heterocycles. The van der Waals surface area contributed by atoms with Gasteiger partial charge in [0.2, 0.25) is 5.82 Å². The van der Waals surface area contributed by atoms with Crippen LogP contribution >= 0.6 is 11.6 Å². The van der Waals surface area contributed by atoms with Crippen LogP contribution in [0.15, 0.2) is 53.1 Å². The Balaban J connectivity index is 1.92. The van der Waals surface area contributed by atoms with Crippen LogP contribution in [0.1, 0.15) is 41.4 Å². The number of hydrogen-bond donors (Lipinski definition) is 1. The normalized spacial score (nSPS) is 11.2. The predicted octanol–water partition coefficient (Wildman–Crippen LogP) is 5.37. The lowest BCUT2D eigenvalue weighted by Gasteiger charge is -2.13. The lowest BCUT2D eigenvalue weighted by molar-refractivity contribution is 0.0690. The van der Waals surface area contributed by atoms with Gasteiger partial charge in [0.15, 0.2) is 11.4 Å². The number of aromatic carboxylic acids is 1. The third-order valence-corrected chi connectivity index (χ3v) is 5.08. The molecule has 152 valence electrons. The molecule has 2 aromatic carbocycles. The number of benzene rings is 2. The van der Waals surface area contributed by atoms with Gasteiger partial charge in [-0.1, -0.05) is 72.6 Å². The van der Waals surface area contributed by atoms with Gasteiger partial charge in [-0.25, -0.2) is 9.48 Å². The molecule has 30 heavy (non-hydrogen) atoms. The second kappa shape index (κ2) is 7.76. The van der Waals surface area contributed by atoms with E-state index in [1.54, 1.807) is 0 Å². The molecule has 0 atom stereocenters. The van der Waals surface area contributed by atoms with E-state index >= 15 is 0 Å². The number of para-hydroxylation sites is 1. The highest BCUT2D eigenvalue weighted by Crippen LogP contribution is 2.35. The zero-order chi connectivity index (χ0) is 21.4. The van der Waals surface area contributed by atoms with Gasteiger partial charge in [-0.2, -0.15) is 10.1 Å². The van der Waals surface area contributed by atoms with E-state index in [0.717, 1.165) is 16.7 Å². The number of hydrogen-bond acceptors (Lipinski definition) is 5. The van der Waals surface area contributed by atoms with Crippen molar-refractivity contribution in [3.05, 3.63) is 70.4 Å². The minimum atomic E-state index is -1.24. The second-order valence-corrected chi connectivity index (χ2v) is 7.61. The molecule has 0 aliphatic rings. The molecular weight excluding hydrogens is 404 g/mol. The van der Waals surface area contributed by atoms with E-state index in [1.165, 1.54) is 4.68 Å². The van der Waals surface area contributed by atoms with E-state index in [-0.39, 0.29) is 28.2 Å². The Hall–Kier alpha value is -3.45. The zero-order valence-corrected chi connectivity index (χ0v) is 17.4. The Morgan fingerprint density at radius 2 is 1.93 bits per heavy atom. The Morgan fingerprint density at radius 1 is 1.17 bits per heavy atom. The van der Waals surface area contributed by atoms with Crippen LogP contribution in [0, 0.1) is 6.92 Å². The Bertz CT molecular complexity index is 1240. The third-order valence-electron chi connectivity index (χ3n) is 4.72. The molecule has 0 saturated heterocycles. The van der Waals surface area contributed by atoms with Crippen molar-refractivity contribution in [3.63, 3.8) is 0 Å². The van der Waals surface area contributed by atoms with E-state index < -0.39 is 5.97 Å². The van der Waals surface area contributed by atoms with Crippen LogP contribution in [0.5, 0.6) is 0 Å². The Kier molecular flexibility index (Phi) is 5.13. The van der Waals surface area contributed by atoms with Crippen molar-refractivity contribution >= 4 is 17.6 Å². The van der Waals surface area contributed by atoms with E-state index in [2.05, 4.69) is 15.2 Å². The number of aryl methyl sites for hydroxylation is 1. The molecule has 2 heterocycles. The van der Waals surface area contributed by atoms with Crippen molar-refractivity contribution in [2.24, 2.45) is 0 Å². The fraction of sp³-hybridized carbons (Fsp3) is 0.182. The van der Waals surface area contributed by atoms with Crippen molar-refractivity contribution in [3.8, 4) is 28.7 Å². The molecule has 0 radical (unpaired) electrons.